The van der Waals surface area contributed by atoms with Gasteiger partial charge in [0.2, 0.25) is 5.91 Å². The third-order valence-corrected chi connectivity index (χ3v) is 2.73. The maximum atomic E-state index is 12.4. The molecule has 0 aliphatic carbocycles. The van der Waals surface area contributed by atoms with Crippen molar-refractivity contribution >= 4 is 17.6 Å². The topological polar surface area (TPSA) is 88.7 Å². The number of urea groups is 1. The Hall–Kier alpha value is -2.58. The third kappa shape index (κ3) is 5.97. The van der Waals surface area contributed by atoms with Crippen LogP contribution in [0.1, 0.15) is 13.8 Å². The van der Waals surface area contributed by atoms with Crippen LogP contribution in [0.15, 0.2) is 18.2 Å². The number of anilines is 1. The molecule has 1 unspecified atom stereocenters. The van der Waals surface area contributed by atoms with Gasteiger partial charge in [-0.15, -0.1) is 0 Å². The van der Waals surface area contributed by atoms with Crippen LogP contribution in [0, 0.1) is 0 Å². The minimum absolute atomic E-state index is 0.135. The summed E-state index contributed by atoms with van der Waals surface area (Å²) in [5.74, 6) is -0.595. The Labute approximate surface area is 132 Å². The van der Waals surface area contributed by atoms with E-state index in [0.29, 0.717) is 12.2 Å². The average Bonchev–Trinajstić information content (AvgIpc) is 2.47. The van der Waals surface area contributed by atoms with Gasteiger partial charge in [0.25, 0.3) is 0 Å². The highest BCUT2D eigenvalue weighted by molar-refractivity contribution is 5.97. The van der Waals surface area contributed by atoms with Crippen molar-refractivity contribution in [1.29, 1.82) is 0 Å². The van der Waals surface area contributed by atoms with Gasteiger partial charge in [-0.3, -0.25) is 10.1 Å². The lowest BCUT2D eigenvalue weighted by Gasteiger charge is -2.17. The molecule has 3 amide bonds. The molecule has 0 aliphatic heterocycles. The summed E-state index contributed by atoms with van der Waals surface area (Å²) >= 11 is 0. The highest BCUT2D eigenvalue weighted by Gasteiger charge is 2.17. The second-order valence-electron chi connectivity index (χ2n) is 4.46. The summed E-state index contributed by atoms with van der Waals surface area (Å²) < 4.78 is 34.0. The molecule has 0 saturated carbocycles. The first kappa shape index (κ1) is 18.5. The number of amides is 3. The summed E-state index contributed by atoms with van der Waals surface area (Å²) in [7, 11) is 1.32. The molecular weight excluding hydrogens is 312 g/mol. The van der Waals surface area contributed by atoms with Gasteiger partial charge < -0.3 is 20.1 Å². The molecule has 1 rings (SSSR count). The maximum Gasteiger partial charge on any atom is 0.387 e. The van der Waals surface area contributed by atoms with E-state index in [-0.39, 0.29) is 11.5 Å². The number of nitrogens with one attached hydrogen (secondary N) is 3. The molecule has 0 aromatic heterocycles. The standard InChI is InChI=1S/C14H19F2N3O4/c1-4-17-14(21)19-12(20)8(2)18-9-5-6-10(22-3)11(7-9)23-13(15)16/h5-8,13,18H,4H2,1-3H3,(H2,17,19,20,21). The zero-order valence-electron chi connectivity index (χ0n) is 13.0. The molecule has 0 bridgehead atoms. The molecule has 128 valence electrons. The number of hydrogen-bond donors (Lipinski definition) is 3. The van der Waals surface area contributed by atoms with E-state index in [0.717, 1.165) is 0 Å². The molecule has 3 N–H and O–H groups in total. The molecule has 0 fully saturated rings. The largest absolute Gasteiger partial charge is 0.493 e. The van der Waals surface area contributed by atoms with Crippen LogP contribution in [0.25, 0.3) is 0 Å². The average molecular weight is 331 g/mol. The Kier molecular flexibility index (Phi) is 7.04. The van der Waals surface area contributed by atoms with Crippen molar-refractivity contribution in [2.24, 2.45) is 0 Å². The molecule has 0 saturated heterocycles. The molecule has 0 aliphatic rings. The molecule has 7 nitrogen and oxygen atoms in total. The number of carbonyl (C=O) groups excluding carboxylic acids is 2. The lowest BCUT2D eigenvalue weighted by Crippen LogP contribution is -2.45. The van der Waals surface area contributed by atoms with Crippen LogP contribution >= 0.6 is 0 Å². The number of halogens is 2. The van der Waals surface area contributed by atoms with E-state index in [1.54, 1.807) is 6.92 Å². The summed E-state index contributed by atoms with van der Waals surface area (Å²) in [5, 5.41) is 7.35. The maximum absolute atomic E-state index is 12.4. The highest BCUT2D eigenvalue weighted by Crippen LogP contribution is 2.31. The molecule has 0 spiro atoms. The Morgan fingerprint density at radius 3 is 2.52 bits per heavy atom. The van der Waals surface area contributed by atoms with Gasteiger partial charge >= 0.3 is 12.6 Å². The smallest absolute Gasteiger partial charge is 0.387 e. The van der Waals surface area contributed by atoms with E-state index in [4.69, 9.17) is 4.74 Å². The first-order valence-corrected chi connectivity index (χ1v) is 6.85. The Morgan fingerprint density at radius 1 is 1.26 bits per heavy atom. The lowest BCUT2D eigenvalue weighted by atomic mass is 10.2. The van der Waals surface area contributed by atoms with Crippen LogP contribution in [0.3, 0.4) is 0 Å². The number of ether oxygens (including phenoxy) is 2. The molecule has 23 heavy (non-hydrogen) atoms. The number of alkyl halides is 2. The number of rotatable bonds is 7. The fourth-order valence-electron chi connectivity index (χ4n) is 1.70. The highest BCUT2D eigenvalue weighted by atomic mass is 19.3. The zero-order valence-corrected chi connectivity index (χ0v) is 13.0. The third-order valence-electron chi connectivity index (χ3n) is 2.73. The van der Waals surface area contributed by atoms with Crippen LogP contribution in [-0.4, -0.2) is 38.2 Å². The number of hydrogen-bond acceptors (Lipinski definition) is 5. The van der Waals surface area contributed by atoms with Crippen molar-refractivity contribution < 1.29 is 27.8 Å². The van der Waals surface area contributed by atoms with E-state index >= 15 is 0 Å². The van der Waals surface area contributed by atoms with Crippen LogP contribution in [0.4, 0.5) is 19.3 Å². The van der Waals surface area contributed by atoms with Crippen molar-refractivity contribution in [2.45, 2.75) is 26.5 Å². The molecule has 9 heteroatoms. The first-order valence-electron chi connectivity index (χ1n) is 6.85. The van der Waals surface area contributed by atoms with Crippen LogP contribution in [0.5, 0.6) is 11.5 Å². The quantitative estimate of drug-likeness (QED) is 0.711. The van der Waals surface area contributed by atoms with Gasteiger partial charge in [-0.2, -0.15) is 8.78 Å². The zero-order chi connectivity index (χ0) is 17.4. The van der Waals surface area contributed by atoms with Crippen LogP contribution < -0.4 is 25.4 Å². The number of benzene rings is 1. The predicted octanol–water partition coefficient (Wildman–Crippen LogP) is 1.94. The summed E-state index contributed by atoms with van der Waals surface area (Å²) in [5.41, 5.74) is 0.361. The van der Waals surface area contributed by atoms with E-state index in [2.05, 4.69) is 20.7 Å². The monoisotopic (exact) mass is 331 g/mol. The van der Waals surface area contributed by atoms with E-state index in [1.165, 1.54) is 32.2 Å². The molecule has 0 radical (unpaired) electrons. The SMILES string of the molecule is CCNC(=O)NC(=O)C(C)Nc1ccc(OC)c(OC(F)F)c1. The van der Waals surface area contributed by atoms with Gasteiger partial charge in [0.1, 0.15) is 6.04 Å². The predicted molar refractivity (Wildman–Crippen MR) is 79.9 cm³/mol. The van der Waals surface area contributed by atoms with Gasteiger partial charge in [0.15, 0.2) is 11.5 Å². The Balaban J connectivity index is 2.75. The molecule has 1 atom stereocenters. The van der Waals surface area contributed by atoms with Gasteiger partial charge in [0, 0.05) is 18.3 Å². The van der Waals surface area contributed by atoms with Crippen molar-refractivity contribution in [2.75, 3.05) is 19.0 Å². The second kappa shape index (κ2) is 8.76. The second-order valence-corrected chi connectivity index (χ2v) is 4.46. The van der Waals surface area contributed by atoms with Gasteiger partial charge in [-0.05, 0) is 26.0 Å². The Morgan fingerprint density at radius 2 is 1.96 bits per heavy atom. The lowest BCUT2D eigenvalue weighted by molar-refractivity contribution is -0.120. The van der Waals surface area contributed by atoms with Gasteiger partial charge in [-0.1, -0.05) is 0 Å². The number of methoxy groups -OCH3 is 1. The minimum atomic E-state index is -3.00. The Bertz CT molecular complexity index is 555. The number of carbonyl (C=O) groups is 2. The summed E-state index contributed by atoms with van der Waals surface area (Å²) in [6, 6.07) is 2.86. The van der Waals surface area contributed by atoms with Crippen molar-refractivity contribution in [3.8, 4) is 11.5 Å². The molecule has 1 aromatic carbocycles. The summed E-state index contributed by atoms with van der Waals surface area (Å²) in [6.45, 7) is 0.617. The van der Waals surface area contributed by atoms with Gasteiger partial charge in [0.05, 0.1) is 7.11 Å². The van der Waals surface area contributed by atoms with E-state index < -0.39 is 24.6 Å². The molecule has 1 aromatic rings. The van der Waals surface area contributed by atoms with Crippen molar-refractivity contribution in [3.63, 3.8) is 0 Å². The normalized spacial score (nSPS) is 11.6. The van der Waals surface area contributed by atoms with Crippen LogP contribution in [0.2, 0.25) is 0 Å². The van der Waals surface area contributed by atoms with Crippen molar-refractivity contribution in [3.05, 3.63) is 18.2 Å². The molecular formula is C14H19F2N3O4. The fraction of sp³-hybridized carbons (Fsp3) is 0.429. The first-order chi connectivity index (χ1) is 10.9. The van der Waals surface area contributed by atoms with Crippen LogP contribution in [-0.2, 0) is 4.79 Å². The van der Waals surface area contributed by atoms with Crippen molar-refractivity contribution in [1.82, 2.24) is 10.6 Å². The van der Waals surface area contributed by atoms with E-state index in [9.17, 15) is 18.4 Å². The summed E-state index contributed by atoms with van der Waals surface area (Å²) in [4.78, 5) is 23.1. The molecule has 0 heterocycles. The van der Waals surface area contributed by atoms with Gasteiger partial charge in [-0.25, -0.2) is 4.79 Å². The summed E-state index contributed by atoms with van der Waals surface area (Å²) in [6.07, 6.45) is 0. The number of imide groups is 1. The van der Waals surface area contributed by atoms with E-state index in [1.807, 2.05) is 0 Å². The fourth-order valence-corrected chi connectivity index (χ4v) is 1.70. The minimum Gasteiger partial charge on any atom is -0.493 e.